The van der Waals surface area contributed by atoms with Gasteiger partial charge < -0.3 is 15.1 Å². The molecule has 2 aliphatic rings. The van der Waals surface area contributed by atoms with Gasteiger partial charge in [0.1, 0.15) is 6.04 Å². The molecule has 2 atom stereocenters. The number of amides is 3. The number of likely N-dealkylation sites (N-methyl/N-ethyl adjacent to an activating group) is 1. The first-order valence-electron chi connectivity index (χ1n) is 9.95. The van der Waals surface area contributed by atoms with Gasteiger partial charge in [0.25, 0.3) is 5.91 Å². The number of carbonyl (C=O) groups excluding carboxylic acids is 3. The van der Waals surface area contributed by atoms with Crippen LogP contribution in [0.25, 0.3) is 0 Å². The van der Waals surface area contributed by atoms with Gasteiger partial charge in [-0.25, -0.2) is 0 Å². The molecule has 2 heterocycles. The summed E-state index contributed by atoms with van der Waals surface area (Å²) in [5.74, 6) is -0.132. The number of unbranched alkanes of at least 4 members (excludes halogenated alkanes) is 1. The molecule has 3 amide bonds. The average molecular weight is 371 g/mol. The van der Waals surface area contributed by atoms with Gasteiger partial charge in [-0.1, -0.05) is 31.5 Å². The van der Waals surface area contributed by atoms with Crippen molar-refractivity contribution in [2.45, 2.75) is 45.6 Å². The van der Waals surface area contributed by atoms with E-state index >= 15 is 0 Å². The number of hydrogen-bond acceptors (Lipinski definition) is 3. The molecule has 1 aromatic carbocycles. The Morgan fingerprint density at radius 2 is 2.00 bits per heavy atom. The highest BCUT2D eigenvalue weighted by Crippen LogP contribution is 2.40. The number of carbonyl (C=O) groups is 3. The Balaban J connectivity index is 1.67. The third-order valence-corrected chi connectivity index (χ3v) is 5.82. The fourth-order valence-corrected chi connectivity index (χ4v) is 4.15. The first-order chi connectivity index (χ1) is 13.0. The highest BCUT2D eigenvalue weighted by Gasteiger charge is 2.53. The third kappa shape index (κ3) is 3.84. The zero-order valence-electron chi connectivity index (χ0n) is 16.2. The monoisotopic (exact) mass is 371 g/mol. The normalized spacial score (nSPS) is 24.3. The molecule has 2 fully saturated rings. The van der Waals surface area contributed by atoms with Gasteiger partial charge in [-0.2, -0.15) is 0 Å². The van der Waals surface area contributed by atoms with Crippen molar-refractivity contribution in [1.29, 1.82) is 0 Å². The van der Waals surface area contributed by atoms with Crippen LogP contribution in [0.5, 0.6) is 0 Å². The molecule has 1 N–H and O–H groups in total. The lowest BCUT2D eigenvalue weighted by molar-refractivity contribution is -0.134. The van der Waals surface area contributed by atoms with Gasteiger partial charge in [-0.05, 0) is 38.3 Å². The van der Waals surface area contributed by atoms with Crippen molar-refractivity contribution < 1.29 is 14.4 Å². The highest BCUT2D eigenvalue weighted by molar-refractivity contribution is 5.97. The fraction of sp³-hybridized carbons (Fsp3) is 0.571. The first-order valence-corrected chi connectivity index (χ1v) is 9.95. The second kappa shape index (κ2) is 8.11. The van der Waals surface area contributed by atoms with E-state index in [1.807, 2.05) is 30.0 Å². The quantitative estimate of drug-likeness (QED) is 0.832. The number of rotatable bonds is 6. The van der Waals surface area contributed by atoms with Crippen LogP contribution in [0.15, 0.2) is 30.3 Å². The van der Waals surface area contributed by atoms with Gasteiger partial charge >= 0.3 is 0 Å². The minimum atomic E-state index is -0.630. The van der Waals surface area contributed by atoms with Gasteiger partial charge in [0.05, 0.1) is 5.41 Å². The van der Waals surface area contributed by atoms with E-state index in [9.17, 15) is 14.4 Å². The van der Waals surface area contributed by atoms with Gasteiger partial charge in [-0.15, -0.1) is 0 Å². The van der Waals surface area contributed by atoms with Gasteiger partial charge in [-0.3, -0.25) is 14.4 Å². The molecular formula is C21H29N3O3. The maximum Gasteiger partial charge on any atom is 0.253 e. The van der Waals surface area contributed by atoms with Crippen LogP contribution in [-0.4, -0.2) is 59.7 Å². The molecule has 0 radical (unpaired) electrons. The van der Waals surface area contributed by atoms with E-state index in [0.29, 0.717) is 38.0 Å². The van der Waals surface area contributed by atoms with Gasteiger partial charge in [0.2, 0.25) is 11.8 Å². The second-order valence-corrected chi connectivity index (χ2v) is 7.62. The maximum absolute atomic E-state index is 12.8. The van der Waals surface area contributed by atoms with Crippen LogP contribution in [0.3, 0.4) is 0 Å². The van der Waals surface area contributed by atoms with Crippen molar-refractivity contribution in [3.8, 4) is 0 Å². The molecule has 0 aliphatic carbocycles. The highest BCUT2D eigenvalue weighted by atomic mass is 16.2. The molecule has 0 bridgehead atoms. The van der Waals surface area contributed by atoms with Crippen molar-refractivity contribution in [2.75, 3.05) is 26.2 Å². The van der Waals surface area contributed by atoms with Crippen molar-refractivity contribution >= 4 is 17.7 Å². The fourth-order valence-electron chi connectivity index (χ4n) is 4.15. The molecule has 0 unspecified atom stereocenters. The number of hydrogen-bond donors (Lipinski definition) is 1. The minimum absolute atomic E-state index is 0.00371. The summed E-state index contributed by atoms with van der Waals surface area (Å²) in [4.78, 5) is 41.8. The van der Waals surface area contributed by atoms with Gasteiger partial charge in [0, 0.05) is 31.7 Å². The van der Waals surface area contributed by atoms with E-state index in [1.54, 1.807) is 17.0 Å². The Labute approximate surface area is 160 Å². The standard InChI is InChI=1S/C21H29N3O3/c1-3-5-12-23(4-2)19(26)17-14-21(20(27)22-17)11-13-24(15-21)18(25)16-9-7-6-8-10-16/h6-10,17H,3-5,11-15H2,1-2H3,(H,22,27)/t17-,21+/m0/s1. The van der Waals surface area contributed by atoms with E-state index in [0.717, 1.165) is 19.4 Å². The zero-order chi connectivity index (χ0) is 19.4. The second-order valence-electron chi connectivity index (χ2n) is 7.62. The lowest BCUT2D eigenvalue weighted by Gasteiger charge is -2.25. The molecule has 1 aromatic rings. The van der Waals surface area contributed by atoms with Crippen molar-refractivity contribution in [1.82, 2.24) is 15.1 Å². The van der Waals surface area contributed by atoms with E-state index in [1.165, 1.54) is 0 Å². The predicted molar refractivity (Wildman–Crippen MR) is 103 cm³/mol. The molecule has 6 heteroatoms. The lowest BCUT2D eigenvalue weighted by atomic mass is 9.83. The van der Waals surface area contributed by atoms with Crippen LogP contribution >= 0.6 is 0 Å². The molecule has 6 nitrogen and oxygen atoms in total. The minimum Gasteiger partial charge on any atom is -0.344 e. The van der Waals surface area contributed by atoms with Crippen LogP contribution < -0.4 is 5.32 Å². The van der Waals surface area contributed by atoms with Crippen LogP contribution in [0.4, 0.5) is 0 Å². The zero-order valence-corrected chi connectivity index (χ0v) is 16.2. The Hall–Kier alpha value is -2.37. The van der Waals surface area contributed by atoms with Gasteiger partial charge in [0.15, 0.2) is 0 Å². The smallest absolute Gasteiger partial charge is 0.253 e. The number of nitrogens with one attached hydrogen (secondary N) is 1. The van der Waals surface area contributed by atoms with E-state index in [2.05, 4.69) is 12.2 Å². The summed E-state index contributed by atoms with van der Waals surface area (Å²) in [5.41, 5.74) is 0.00637. The Bertz CT molecular complexity index is 706. The molecule has 27 heavy (non-hydrogen) atoms. The third-order valence-electron chi connectivity index (χ3n) is 5.82. The largest absolute Gasteiger partial charge is 0.344 e. The predicted octanol–water partition coefficient (Wildman–Crippen LogP) is 2.06. The average Bonchev–Trinajstić information content (AvgIpc) is 3.27. The molecule has 2 saturated heterocycles. The Morgan fingerprint density at radius 1 is 1.26 bits per heavy atom. The molecule has 3 rings (SSSR count). The molecule has 1 spiro atoms. The van der Waals surface area contributed by atoms with E-state index in [4.69, 9.17) is 0 Å². The Kier molecular flexibility index (Phi) is 5.82. The molecule has 2 aliphatic heterocycles. The number of benzene rings is 1. The summed E-state index contributed by atoms with van der Waals surface area (Å²) >= 11 is 0. The lowest BCUT2D eigenvalue weighted by Crippen LogP contribution is -2.44. The van der Waals surface area contributed by atoms with Crippen molar-refractivity contribution in [3.05, 3.63) is 35.9 Å². The van der Waals surface area contributed by atoms with Crippen LogP contribution in [0.2, 0.25) is 0 Å². The molecule has 0 aromatic heterocycles. The summed E-state index contributed by atoms with van der Waals surface area (Å²) in [7, 11) is 0. The van der Waals surface area contributed by atoms with E-state index < -0.39 is 11.5 Å². The summed E-state index contributed by atoms with van der Waals surface area (Å²) in [6.45, 7) is 6.38. The molecule has 0 saturated carbocycles. The SMILES string of the molecule is CCCCN(CC)C(=O)[C@@H]1C[C@@]2(CCN(C(=O)c3ccccc3)C2)C(=O)N1. The first kappa shape index (κ1) is 19.4. The van der Waals surface area contributed by atoms with Crippen LogP contribution in [0, 0.1) is 5.41 Å². The summed E-state index contributed by atoms with van der Waals surface area (Å²) < 4.78 is 0. The van der Waals surface area contributed by atoms with Crippen LogP contribution in [0.1, 0.15) is 49.9 Å². The summed E-state index contributed by atoms with van der Waals surface area (Å²) in [6, 6.07) is 8.67. The summed E-state index contributed by atoms with van der Waals surface area (Å²) in [6.07, 6.45) is 3.08. The van der Waals surface area contributed by atoms with E-state index in [-0.39, 0.29) is 17.7 Å². The molecular weight excluding hydrogens is 342 g/mol. The van der Waals surface area contributed by atoms with Crippen molar-refractivity contribution in [2.24, 2.45) is 5.41 Å². The molecule has 146 valence electrons. The van der Waals surface area contributed by atoms with Crippen LogP contribution in [-0.2, 0) is 9.59 Å². The van der Waals surface area contributed by atoms with Crippen molar-refractivity contribution in [3.63, 3.8) is 0 Å². The number of likely N-dealkylation sites (tertiary alicyclic amines) is 1. The number of nitrogens with zero attached hydrogens (tertiary/aromatic N) is 2. The summed E-state index contributed by atoms with van der Waals surface area (Å²) in [5, 5.41) is 2.91. The topological polar surface area (TPSA) is 69.7 Å². The maximum atomic E-state index is 12.8. The Morgan fingerprint density at radius 3 is 2.67 bits per heavy atom.